The summed E-state index contributed by atoms with van der Waals surface area (Å²) in [5.41, 5.74) is 0.605. The highest BCUT2D eigenvalue weighted by molar-refractivity contribution is 5.91. The van der Waals surface area contributed by atoms with Gasteiger partial charge in [0.25, 0.3) is 0 Å². The highest BCUT2D eigenvalue weighted by atomic mass is 16.5. The molecule has 0 saturated heterocycles. The van der Waals surface area contributed by atoms with Crippen molar-refractivity contribution in [3.63, 3.8) is 0 Å². The number of hydrogen-bond acceptors (Lipinski definition) is 5. The molecule has 0 aliphatic rings. The van der Waals surface area contributed by atoms with Crippen molar-refractivity contribution in [1.29, 1.82) is 0 Å². The Morgan fingerprint density at radius 3 is 3.00 bits per heavy atom. The molecule has 86 valence electrons. The zero-order valence-electron chi connectivity index (χ0n) is 8.86. The second kappa shape index (κ2) is 5.69. The molecule has 0 aliphatic carbocycles. The highest BCUT2D eigenvalue weighted by Crippen LogP contribution is 2.08. The maximum Gasteiger partial charge on any atom is 0.341 e. The van der Waals surface area contributed by atoms with Gasteiger partial charge in [-0.1, -0.05) is 12.7 Å². The molecule has 0 unspecified atom stereocenters. The lowest BCUT2D eigenvalue weighted by Crippen LogP contribution is -2.11. The van der Waals surface area contributed by atoms with Crippen LogP contribution in [0.25, 0.3) is 0 Å². The molecule has 0 bridgehead atoms. The van der Waals surface area contributed by atoms with E-state index in [1.54, 1.807) is 0 Å². The van der Waals surface area contributed by atoms with Crippen molar-refractivity contribution < 1.29 is 19.1 Å². The number of aromatic amines is 1. The summed E-state index contributed by atoms with van der Waals surface area (Å²) in [6.07, 6.45) is 2.72. The van der Waals surface area contributed by atoms with Crippen LogP contribution in [0, 0.1) is 0 Å². The molecule has 0 atom stereocenters. The largest absolute Gasteiger partial charge is 0.469 e. The van der Waals surface area contributed by atoms with E-state index in [1.807, 2.05) is 0 Å². The van der Waals surface area contributed by atoms with Crippen molar-refractivity contribution in [3.05, 3.63) is 30.1 Å². The molecule has 0 aromatic carbocycles. The zero-order chi connectivity index (χ0) is 12.0. The van der Waals surface area contributed by atoms with Gasteiger partial charge in [-0.15, -0.1) is 0 Å². The third-order valence-electron chi connectivity index (χ3n) is 1.82. The van der Waals surface area contributed by atoms with Crippen LogP contribution in [-0.4, -0.2) is 35.9 Å². The third kappa shape index (κ3) is 2.94. The quantitative estimate of drug-likeness (QED) is 0.580. The number of carbonyl (C=O) groups excluding carboxylic acids is 2. The molecule has 0 aliphatic heterocycles. The van der Waals surface area contributed by atoms with Gasteiger partial charge in [-0.3, -0.25) is 9.89 Å². The minimum absolute atomic E-state index is 0.0466. The first-order valence-corrected chi connectivity index (χ1v) is 4.56. The predicted molar refractivity (Wildman–Crippen MR) is 54.8 cm³/mol. The van der Waals surface area contributed by atoms with E-state index in [0.29, 0.717) is 5.69 Å². The Hall–Kier alpha value is -2.11. The molecule has 0 saturated carbocycles. The summed E-state index contributed by atoms with van der Waals surface area (Å²) in [4.78, 5) is 22.5. The smallest absolute Gasteiger partial charge is 0.341 e. The number of hydrogen-bond donors (Lipinski definition) is 1. The van der Waals surface area contributed by atoms with E-state index in [1.165, 1.54) is 19.4 Å². The van der Waals surface area contributed by atoms with Crippen molar-refractivity contribution in [2.45, 2.75) is 6.42 Å². The van der Waals surface area contributed by atoms with Crippen molar-refractivity contribution >= 4 is 11.9 Å². The molecule has 1 N–H and O–H groups in total. The molecule has 1 aromatic heterocycles. The van der Waals surface area contributed by atoms with Gasteiger partial charge in [0.15, 0.2) is 0 Å². The van der Waals surface area contributed by atoms with Crippen LogP contribution in [0.1, 0.15) is 16.1 Å². The summed E-state index contributed by atoms with van der Waals surface area (Å²) in [5.74, 6) is -1.01. The van der Waals surface area contributed by atoms with Crippen molar-refractivity contribution in [3.8, 4) is 0 Å². The van der Waals surface area contributed by atoms with Crippen LogP contribution < -0.4 is 0 Å². The van der Waals surface area contributed by atoms with Gasteiger partial charge in [-0.05, 0) is 0 Å². The SMILES string of the molecule is C=CCOC(=O)c1cn[nH]c1CC(=O)OC. The van der Waals surface area contributed by atoms with Crippen LogP contribution >= 0.6 is 0 Å². The molecular weight excluding hydrogens is 212 g/mol. The molecule has 0 amide bonds. The molecule has 16 heavy (non-hydrogen) atoms. The summed E-state index contributed by atoms with van der Waals surface area (Å²) >= 11 is 0. The number of nitrogens with zero attached hydrogens (tertiary/aromatic N) is 1. The Balaban J connectivity index is 2.73. The summed E-state index contributed by atoms with van der Waals surface area (Å²) < 4.78 is 9.31. The van der Waals surface area contributed by atoms with E-state index < -0.39 is 11.9 Å². The highest BCUT2D eigenvalue weighted by Gasteiger charge is 2.17. The van der Waals surface area contributed by atoms with Crippen molar-refractivity contribution in [2.75, 3.05) is 13.7 Å². The van der Waals surface area contributed by atoms with Gasteiger partial charge in [-0.2, -0.15) is 5.10 Å². The van der Waals surface area contributed by atoms with Gasteiger partial charge >= 0.3 is 11.9 Å². The topological polar surface area (TPSA) is 81.3 Å². The lowest BCUT2D eigenvalue weighted by molar-refractivity contribution is -0.139. The van der Waals surface area contributed by atoms with E-state index in [-0.39, 0.29) is 18.6 Å². The van der Waals surface area contributed by atoms with E-state index >= 15 is 0 Å². The summed E-state index contributed by atoms with van der Waals surface area (Å²) in [5, 5.41) is 6.23. The molecule has 6 nitrogen and oxygen atoms in total. The molecule has 0 radical (unpaired) electrons. The number of H-pyrrole nitrogens is 1. The Labute approximate surface area is 92.2 Å². The van der Waals surface area contributed by atoms with Crippen molar-refractivity contribution in [1.82, 2.24) is 10.2 Å². The number of carbonyl (C=O) groups is 2. The maximum absolute atomic E-state index is 11.5. The minimum Gasteiger partial charge on any atom is -0.469 e. The van der Waals surface area contributed by atoms with Crippen LogP contribution in [0.4, 0.5) is 0 Å². The second-order valence-electron chi connectivity index (χ2n) is 2.90. The fourth-order valence-electron chi connectivity index (χ4n) is 1.05. The zero-order valence-corrected chi connectivity index (χ0v) is 8.86. The Bertz CT molecular complexity index is 397. The lowest BCUT2D eigenvalue weighted by atomic mass is 10.2. The summed E-state index contributed by atoms with van der Waals surface area (Å²) in [6, 6.07) is 0. The number of esters is 2. The third-order valence-corrected chi connectivity index (χ3v) is 1.82. The molecule has 1 aromatic rings. The first-order valence-electron chi connectivity index (χ1n) is 4.56. The number of methoxy groups -OCH3 is 1. The molecule has 1 rings (SSSR count). The summed E-state index contributed by atoms with van der Waals surface area (Å²) in [6.45, 7) is 3.54. The molecule has 1 heterocycles. The maximum atomic E-state index is 11.5. The van der Waals surface area contributed by atoms with E-state index in [9.17, 15) is 9.59 Å². The Kier molecular flexibility index (Phi) is 4.26. The van der Waals surface area contributed by atoms with Crippen LogP contribution in [0.3, 0.4) is 0 Å². The van der Waals surface area contributed by atoms with Gasteiger partial charge in [0.2, 0.25) is 0 Å². The first kappa shape index (κ1) is 12.0. The fourth-order valence-corrected chi connectivity index (χ4v) is 1.05. The van der Waals surface area contributed by atoms with Crippen LogP contribution in [-0.2, 0) is 20.7 Å². The lowest BCUT2D eigenvalue weighted by Gasteiger charge is -2.02. The normalized spacial score (nSPS) is 9.56. The number of nitrogens with one attached hydrogen (secondary N) is 1. The van der Waals surface area contributed by atoms with Gasteiger partial charge in [-0.25, -0.2) is 4.79 Å². The predicted octanol–water partition coefficient (Wildman–Crippen LogP) is 0.468. The van der Waals surface area contributed by atoms with Crippen molar-refractivity contribution in [2.24, 2.45) is 0 Å². The molecule has 0 spiro atoms. The average Bonchev–Trinajstić information content (AvgIpc) is 2.73. The fraction of sp³-hybridized carbons (Fsp3) is 0.300. The van der Waals surface area contributed by atoms with Crippen LogP contribution in [0.15, 0.2) is 18.9 Å². The first-order chi connectivity index (χ1) is 7.69. The van der Waals surface area contributed by atoms with E-state index in [2.05, 4.69) is 21.5 Å². The number of rotatable bonds is 5. The molecular formula is C10H12N2O4. The van der Waals surface area contributed by atoms with Crippen LogP contribution in [0.2, 0.25) is 0 Å². The Morgan fingerprint density at radius 2 is 2.38 bits per heavy atom. The number of aromatic nitrogens is 2. The average molecular weight is 224 g/mol. The standard InChI is InChI=1S/C10H12N2O4/c1-3-4-16-10(14)7-6-11-12-8(7)5-9(13)15-2/h3,6H,1,4-5H2,2H3,(H,11,12). The van der Waals surface area contributed by atoms with E-state index in [4.69, 9.17) is 4.74 Å². The number of ether oxygens (including phenoxy) is 2. The second-order valence-corrected chi connectivity index (χ2v) is 2.90. The monoisotopic (exact) mass is 224 g/mol. The van der Waals surface area contributed by atoms with Gasteiger partial charge in [0, 0.05) is 0 Å². The van der Waals surface area contributed by atoms with E-state index in [0.717, 1.165) is 0 Å². The molecule has 6 heteroatoms. The van der Waals surface area contributed by atoms with Gasteiger partial charge in [0.1, 0.15) is 12.2 Å². The van der Waals surface area contributed by atoms with Crippen LogP contribution in [0.5, 0.6) is 0 Å². The molecule has 0 fully saturated rings. The minimum atomic E-state index is -0.549. The Morgan fingerprint density at radius 1 is 1.62 bits per heavy atom. The van der Waals surface area contributed by atoms with Gasteiger partial charge < -0.3 is 9.47 Å². The van der Waals surface area contributed by atoms with Gasteiger partial charge in [0.05, 0.1) is 25.4 Å². The summed E-state index contributed by atoms with van der Waals surface area (Å²) in [7, 11) is 1.27.